The Morgan fingerprint density at radius 2 is 2.21 bits per heavy atom. The summed E-state index contributed by atoms with van der Waals surface area (Å²) >= 11 is 7.85. The van der Waals surface area contributed by atoms with Gasteiger partial charge in [0, 0.05) is 24.7 Å². The first-order valence-electron chi connectivity index (χ1n) is 9.93. The van der Waals surface area contributed by atoms with Crippen LogP contribution in [0.1, 0.15) is 25.3 Å². The van der Waals surface area contributed by atoms with Crippen LogP contribution in [0.15, 0.2) is 42.5 Å². The first-order chi connectivity index (χ1) is 14.1. The Morgan fingerprint density at radius 3 is 3.03 bits per heavy atom. The Hall–Kier alpha value is -2.31. The van der Waals surface area contributed by atoms with Gasteiger partial charge >= 0.3 is 0 Å². The Bertz CT molecular complexity index is 1010. The van der Waals surface area contributed by atoms with E-state index in [2.05, 4.69) is 10.2 Å². The monoisotopic (exact) mass is 429 g/mol. The van der Waals surface area contributed by atoms with Gasteiger partial charge in [0.1, 0.15) is 5.75 Å². The molecule has 0 aliphatic carbocycles. The second-order valence-corrected chi connectivity index (χ2v) is 8.57. The highest BCUT2D eigenvalue weighted by Gasteiger charge is 2.27. The van der Waals surface area contributed by atoms with Gasteiger partial charge in [-0.15, -0.1) is 0 Å². The number of carbonyl (C=O) groups is 1. The summed E-state index contributed by atoms with van der Waals surface area (Å²) in [5, 5.41) is 4.70. The van der Waals surface area contributed by atoms with Crippen LogP contribution in [-0.4, -0.2) is 30.6 Å². The average molecular weight is 430 g/mol. The Balaban J connectivity index is 1.42. The van der Waals surface area contributed by atoms with Gasteiger partial charge in [-0.2, -0.15) is 0 Å². The van der Waals surface area contributed by atoms with E-state index in [9.17, 15) is 4.79 Å². The molecule has 1 aliphatic heterocycles. The third-order valence-corrected chi connectivity index (χ3v) is 6.58. The van der Waals surface area contributed by atoms with Crippen LogP contribution in [0.3, 0.4) is 0 Å². The number of rotatable bonds is 6. The lowest BCUT2D eigenvalue weighted by Crippen LogP contribution is -2.43. The van der Waals surface area contributed by atoms with Crippen LogP contribution in [0, 0.1) is 5.92 Å². The molecule has 0 saturated carbocycles. The van der Waals surface area contributed by atoms with E-state index in [4.69, 9.17) is 21.3 Å². The summed E-state index contributed by atoms with van der Waals surface area (Å²) in [6.07, 6.45) is 1.87. The van der Waals surface area contributed by atoms with E-state index in [0.717, 1.165) is 46.0 Å². The molecule has 152 valence electrons. The minimum absolute atomic E-state index is 0.0442. The molecular weight excluding hydrogens is 406 g/mol. The molecule has 5 nitrogen and oxygen atoms in total. The summed E-state index contributed by atoms with van der Waals surface area (Å²) in [4.78, 5) is 19.7. The molecule has 1 N–H and O–H groups in total. The first kappa shape index (κ1) is 20.0. The standard InChI is InChI=1S/C22H24ClN3O2S/c1-2-28-17-9-10-19-20(12-17)29-22(25-19)26-11-5-7-16(14-26)21(27)24-13-15-6-3-4-8-18(15)23/h3-4,6,8-10,12,16H,2,5,7,11,13-14H2,1H3,(H,24,27)/t16-/m0/s1. The predicted molar refractivity (Wildman–Crippen MR) is 119 cm³/mol. The second-order valence-electron chi connectivity index (χ2n) is 7.15. The van der Waals surface area contributed by atoms with Crippen molar-refractivity contribution < 1.29 is 9.53 Å². The smallest absolute Gasteiger partial charge is 0.225 e. The van der Waals surface area contributed by atoms with Gasteiger partial charge in [0.2, 0.25) is 5.91 Å². The molecular formula is C22H24ClN3O2S. The summed E-state index contributed by atoms with van der Waals surface area (Å²) in [7, 11) is 0. The van der Waals surface area contributed by atoms with Crippen molar-refractivity contribution in [3.05, 3.63) is 53.1 Å². The number of aromatic nitrogens is 1. The number of nitrogens with one attached hydrogen (secondary N) is 1. The molecule has 3 aromatic rings. The normalized spacial score (nSPS) is 16.8. The molecule has 1 fully saturated rings. The number of benzene rings is 2. The van der Waals surface area contributed by atoms with Gasteiger partial charge in [-0.05, 0) is 49.6 Å². The molecule has 0 bridgehead atoms. The van der Waals surface area contributed by atoms with E-state index in [1.807, 2.05) is 49.4 Å². The zero-order valence-electron chi connectivity index (χ0n) is 16.4. The maximum atomic E-state index is 12.7. The van der Waals surface area contributed by atoms with Crippen LogP contribution in [0.25, 0.3) is 10.2 Å². The number of amides is 1. The van der Waals surface area contributed by atoms with Crippen molar-refractivity contribution in [2.45, 2.75) is 26.3 Å². The minimum Gasteiger partial charge on any atom is -0.494 e. The lowest BCUT2D eigenvalue weighted by molar-refractivity contribution is -0.125. The van der Waals surface area contributed by atoms with Crippen LogP contribution < -0.4 is 15.0 Å². The number of fused-ring (bicyclic) bond motifs is 1. The van der Waals surface area contributed by atoms with Gasteiger partial charge in [0.25, 0.3) is 0 Å². The molecule has 29 heavy (non-hydrogen) atoms. The van der Waals surface area contributed by atoms with Crippen LogP contribution in [0.2, 0.25) is 5.02 Å². The summed E-state index contributed by atoms with van der Waals surface area (Å²) < 4.78 is 6.70. The summed E-state index contributed by atoms with van der Waals surface area (Å²) in [5.41, 5.74) is 1.91. The van der Waals surface area contributed by atoms with Gasteiger partial charge in [-0.3, -0.25) is 4.79 Å². The highest BCUT2D eigenvalue weighted by Crippen LogP contribution is 2.33. The molecule has 0 spiro atoms. The zero-order valence-corrected chi connectivity index (χ0v) is 17.9. The number of thiazole rings is 1. The fourth-order valence-electron chi connectivity index (χ4n) is 3.62. The Kier molecular flexibility index (Phi) is 6.21. The number of carbonyl (C=O) groups excluding carboxylic acids is 1. The van der Waals surface area contributed by atoms with E-state index >= 15 is 0 Å². The Labute approximate surface area is 179 Å². The van der Waals surface area contributed by atoms with Crippen LogP contribution in [0.5, 0.6) is 5.75 Å². The molecule has 2 aromatic carbocycles. The summed E-state index contributed by atoms with van der Waals surface area (Å²) in [5.74, 6) is 0.900. The maximum absolute atomic E-state index is 12.7. The third kappa shape index (κ3) is 4.65. The number of piperidine rings is 1. The van der Waals surface area contributed by atoms with E-state index in [1.54, 1.807) is 11.3 Å². The largest absolute Gasteiger partial charge is 0.494 e. The summed E-state index contributed by atoms with van der Waals surface area (Å²) in [6.45, 7) is 4.69. The highest BCUT2D eigenvalue weighted by atomic mass is 35.5. The molecule has 4 rings (SSSR count). The maximum Gasteiger partial charge on any atom is 0.225 e. The van der Waals surface area contributed by atoms with Crippen molar-refractivity contribution >= 4 is 44.2 Å². The molecule has 1 aromatic heterocycles. The zero-order chi connectivity index (χ0) is 20.2. The van der Waals surface area contributed by atoms with Gasteiger partial charge in [-0.1, -0.05) is 41.1 Å². The molecule has 1 atom stereocenters. The number of nitrogens with zero attached hydrogens (tertiary/aromatic N) is 2. The lowest BCUT2D eigenvalue weighted by Gasteiger charge is -2.31. The van der Waals surface area contributed by atoms with Gasteiger partial charge in [0.15, 0.2) is 5.13 Å². The highest BCUT2D eigenvalue weighted by molar-refractivity contribution is 7.22. The van der Waals surface area contributed by atoms with Crippen LogP contribution >= 0.6 is 22.9 Å². The van der Waals surface area contributed by atoms with Crippen molar-refractivity contribution in [3.8, 4) is 5.75 Å². The quantitative estimate of drug-likeness (QED) is 0.606. The van der Waals surface area contributed by atoms with Crippen molar-refractivity contribution in [2.24, 2.45) is 5.92 Å². The molecule has 0 unspecified atom stereocenters. The first-order valence-corrected chi connectivity index (χ1v) is 11.1. The fraction of sp³-hybridized carbons (Fsp3) is 0.364. The number of ether oxygens (including phenoxy) is 1. The van der Waals surface area contributed by atoms with Crippen molar-refractivity contribution in [2.75, 3.05) is 24.6 Å². The fourth-order valence-corrected chi connectivity index (χ4v) is 4.85. The summed E-state index contributed by atoms with van der Waals surface area (Å²) in [6, 6.07) is 13.6. The molecule has 1 saturated heterocycles. The van der Waals surface area contributed by atoms with Crippen molar-refractivity contribution in [1.29, 1.82) is 0 Å². The molecule has 1 amide bonds. The second kappa shape index (κ2) is 9.01. The molecule has 1 aliphatic rings. The number of hydrogen-bond donors (Lipinski definition) is 1. The predicted octanol–water partition coefficient (Wildman–Crippen LogP) is 4.88. The average Bonchev–Trinajstić information content (AvgIpc) is 3.17. The van der Waals surface area contributed by atoms with Gasteiger partial charge < -0.3 is 15.0 Å². The van der Waals surface area contributed by atoms with Crippen molar-refractivity contribution in [1.82, 2.24) is 10.3 Å². The van der Waals surface area contributed by atoms with E-state index < -0.39 is 0 Å². The molecule has 7 heteroatoms. The van der Waals surface area contributed by atoms with Crippen LogP contribution in [0.4, 0.5) is 5.13 Å². The van der Waals surface area contributed by atoms with Crippen molar-refractivity contribution in [3.63, 3.8) is 0 Å². The molecule has 2 heterocycles. The minimum atomic E-state index is -0.0442. The number of hydrogen-bond acceptors (Lipinski definition) is 5. The van der Waals surface area contributed by atoms with E-state index in [1.165, 1.54) is 0 Å². The molecule has 0 radical (unpaired) electrons. The SMILES string of the molecule is CCOc1ccc2nc(N3CCC[C@H](C(=O)NCc4ccccc4Cl)C3)sc2c1. The van der Waals surface area contributed by atoms with Gasteiger partial charge in [0.05, 0.1) is 22.7 Å². The number of halogens is 1. The lowest BCUT2D eigenvalue weighted by atomic mass is 9.97. The third-order valence-electron chi connectivity index (χ3n) is 5.13. The van der Waals surface area contributed by atoms with E-state index in [-0.39, 0.29) is 11.8 Å². The Morgan fingerprint density at radius 1 is 1.34 bits per heavy atom. The van der Waals surface area contributed by atoms with E-state index in [0.29, 0.717) is 24.7 Å². The number of anilines is 1. The van der Waals surface area contributed by atoms with Crippen LogP contribution in [-0.2, 0) is 11.3 Å². The van der Waals surface area contributed by atoms with Gasteiger partial charge in [-0.25, -0.2) is 4.98 Å². The topological polar surface area (TPSA) is 54.5 Å².